The molecule has 3 aromatic rings. The van der Waals surface area contributed by atoms with Gasteiger partial charge in [0, 0.05) is 31.5 Å². The second-order valence-electron chi connectivity index (χ2n) is 7.40. The van der Waals surface area contributed by atoms with E-state index in [9.17, 15) is 22.8 Å². The topological polar surface area (TPSA) is 72.2 Å². The number of nitrogens with zero attached hydrogens (tertiary/aromatic N) is 4. The van der Waals surface area contributed by atoms with Crippen molar-refractivity contribution in [2.75, 3.05) is 18.9 Å². The monoisotopic (exact) mass is 495 g/mol. The normalized spacial score (nSPS) is 13.5. The molecule has 172 valence electrons. The van der Waals surface area contributed by atoms with Crippen molar-refractivity contribution in [3.8, 4) is 11.8 Å². The summed E-state index contributed by atoms with van der Waals surface area (Å²) < 4.78 is 41.9. The number of nitrogens with one attached hydrogen (secondary N) is 1. The standard InChI is InChI=1S/C21H17ClF3N5O2S/c1-28-4-5-29-8-13(26-18(29)11-28)3-2-12-6-16(33-19(12)22)20(31)27-14-7-15(23)21(32)30(9-14)10-17(24)25/h6-9,17H,4-5,10-11H2,1H3,(H,27,31). The zero-order valence-corrected chi connectivity index (χ0v) is 18.8. The third-order valence-corrected chi connectivity index (χ3v) is 6.22. The number of pyridine rings is 1. The van der Waals surface area contributed by atoms with Gasteiger partial charge >= 0.3 is 0 Å². The van der Waals surface area contributed by atoms with Gasteiger partial charge in [0.2, 0.25) is 0 Å². The lowest BCUT2D eigenvalue weighted by Crippen LogP contribution is -2.30. The Morgan fingerprint density at radius 3 is 2.85 bits per heavy atom. The van der Waals surface area contributed by atoms with Gasteiger partial charge in [0.15, 0.2) is 5.82 Å². The number of rotatable bonds is 4. The van der Waals surface area contributed by atoms with E-state index >= 15 is 0 Å². The average Bonchev–Trinajstić information content (AvgIpc) is 3.32. The molecule has 1 aliphatic rings. The lowest BCUT2D eigenvalue weighted by atomic mass is 10.3. The molecule has 7 nitrogen and oxygen atoms in total. The first-order valence-electron chi connectivity index (χ1n) is 9.75. The summed E-state index contributed by atoms with van der Waals surface area (Å²) >= 11 is 7.18. The van der Waals surface area contributed by atoms with Crippen molar-refractivity contribution in [3.63, 3.8) is 0 Å². The number of thiophene rings is 1. The number of alkyl halides is 2. The Morgan fingerprint density at radius 1 is 1.30 bits per heavy atom. The quantitative estimate of drug-likeness (QED) is 0.564. The van der Waals surface area contributed by atoms with E-state index < -0.39 is 30.3 Å². The highest BCUT2D eigenvalue weighted by atomic mass is 35.5. The summed E-state index contributed by atoms with van der Waals surface area (Å²) in [6, 6.07) is 2.25. The number of fused-ring (bicyclic) bond motifs is 1. The van der Waals surface area contributed by atoms with Crippen LogP contribution in [-0.4, -0.2) is 44.9 Å². The number of hydrogen-bond donors (Lipinski definition) is 1. The summed E-state index contributed by atoms with van der Waals surface area (Å²) in [5, 5.41) is 2.39. The minimum absolute atomic E-state index is 0.136. The molecule has 0 saturated heterocycles. The smallest absolute Gasteiger partial charge is 0.286 e. The number of anilines is 1. The third-order valence-electron chi connectivity index (χ3n) is 4.86. The molecule has 3 aromatic heterocycles. The van der Waals surface area contributed by atoms with Crippen LogP contribution >= 0.6 is 22.9 Å². The number of amides is 1. The van der Waals surface area contributed by atoms with E-state index in [1.54, 1.807) is 0 Å². The Balaban J connectivity index is 1.51. The van der Waals surface area contributed by atoms with Crippen LogP contribution in [0.1, 0.15) is 26.8 Å². The predicted octanol–water partition coefficient (Wildman–Crippen LogP) is 3.26. The summed E-state index contributed by atoms with van der Waals surface area (Å²) in [6.07, 6.45) is -0.0258. The Kier molecular flexibility index (Phi) is 6.60. The highest BCUT2D eigenvalue weighted by Crippen LogP contribution is 2.28. The van der Waals surface area contributed by atoms with E-state index in [2.05, 4.69) is 27.0 Å². The molecule has 1 aliphatic heterocycles. The molecule has 0 atom stereocenters. The first-order chi connectivity index (χ1) is 15.7. The molecule has 4 rings (SSSR count). The van der Waals surface area contributed by atoms with Gasteiger partial charge in [-0.15, -0.1) is 11.3 Å². The number of hydrogen-bond acceptors (Lipinski definition) is 5. The summed E-state index contributed by atoms with van der Waals surface area (Å²) in [4.78, 5) is 31.0. The van der Waals surface area contributed by atoms with Crippen molar-refractivity contribution in [1.29, 1.82) is 0 Å². The zero-order valence-electron chi connectivity index (χ0n) is 17.2. The SMILES string of the molecule is CN1CCn2cc(C#Cc3cc(C(=O)Nc4cc(F)c(=O)n(CC(F)F)c4)sc3Cl)nc2C1. The van der Waals surface area contributed by atoms with E-state index in [0.717, 1.165) is 49.1 Å². The number of likely N-dealkylation sites (N-methyl/N-ethyl adjacent to an activating group) is 1. The van der Waals surface area contributed by atoms with Crippen LogP contribution in [0.15, 0.2) is 29.3 Å². The number of halogens is 4. The fraction of sp³-hybridized carbons (Fsp3) is 0.286. The van der Waals surface area contributed by atoms with Crippen LogP contribution in [0, 0.1) is 17.7 Å². The molecule has 12 heteroatoms. The van der Waals surface area contributed by atoms with E-state index in [4.69, 9.17) is 11.6 Å². The maximum atomic E-state index is 13.8. The molecule has 4 heterocycles. The molecule has 0 unspecified atom stereocenters. The van der Waals surface area contributed by atoms with Crippen LogP contribution in [0.3, 0.4) is 0 Å². The van der Waals surface area contributed by atoms with Crippen LogP contribution in [0.2, 0.25) is 4.34 Å². The molecular formula is C21H17ClF3N5O2S. The van der Waals surface area contributed by atoms with E-state index in [1.807, 2.05) is 17.8 Å². The van der Waals surface area contributed by atoms with Crippen molar-refractivity contribution in [2.45, 2.75) is 26.1 Å². The van der Waals surface area contributed by atoms with Gasteiger partial charge in [-0.2, -0.15) is 0 Å². The van der Waals surface area contributed by atoms with Gasteiger partial charge in [0.25, 0.3) is 17.9 Å². The third kappa shape index (κ3) is 5.30. The lowest BCUT2D eigenvalue weighted by molar-refractivity contribution is 0.103. The zero-order chi connectivity index (χ0) is 23.7. The lowest BCUT2D eigenvalue weighted by Gasteiger charge is -2.22. The van der Waals surface area contributed by atoms with E-state index in [-0.39, 0.29) is 14.9 Å². The number of carbonyl (C=O) groups excluding carboxylic acids is 1. The molecule has 0 saturated carbocycles. The minimum atomic E-state index is -2.85. The molecule has 0 aliphatic carbocycles. The molecule has 0 radical (unpaired) electrons. The predicted molar refractivity (Wildman–Crippen MR) is 118 cm³/mol. The molecular weight excluding hydrogens is 479 g/mol. The molecule has 0 fully saturated rings. The molecule has 0 spiro atoms. The number of aromatic nitrogens is 3. The van der Waals surface area contributed by atoms with Crippen molar-refractivity contribution >= 4 is 34.5 Å². The van der Waals surface area contributed by atoms with E-state index in [1.165, 1.54) is 6.07 Å². The van der Waals surface area contributed by atoms with Gasteiger partial charge in [0.1, 0.15) is 15.9 Å². The van der Waals surface area contributed by atoms with E-state index in [0.29, 0.717) is 15.8 Å². The molecule has 0 aromatic carbocycles. The summed E-state index contributed by atoms with van der Waals surface area (Å²) in [7, 11) is 2.02. The number of carbonyl (C=O) groups is 1. The van der Waals surface area contributed by atoms with Crippen molar-refractivity contribution in [1.82, 2.24) is 19.0 Å². The summed E-state index contributed by atoms with van der Waals surface area (Å²) in [5.74, 6) is 4.88. The van der Waals surface area contributed by atoms with Crippen LogP contribution in [0.25, 0.3) is 0 Å². The molecule has 33 heavy (non-hydrogen) atoms. The highest BCUT2D eigenvalue weighted by molar-refractivity contribution is 7.18. The fourth-order valence-electron chi connectivity index (χ4n) is 3.28. The molecule has 1 amide bonds. The Morgan fingerprint density at radius 2 is 2.09 bits per heavy atom. The molecule has 1 N–H and O–H groups in total. The molecule has 0 bridgehead atoms. The van der Waals surface area contributed by atoms with Crippen LogP contribution in [0.4, 0.5) is 18.9 Å². The van der Waals surface area contributed by atoms with Gasteiger partial charge in [-0.05, 0) is 19.0 Å². The maximum absolute atomic E-state index is 13.8. The van der Waals surface area contributed by atoms with Crippen LogP contribution < -0.4 is 10.9 Å². The maximum Gasteiger partial charge on any atom is 0.286 e. The Bertz CT molecular complexity index is 1340. The van der Waals surface area contributed by atoms with Crippen molar-refractivity contribution in [3.05, 3.63) is 67.0 Å². The second-order valence-corrected chi connectivity index (χ2v) is 9.06. The fourth-order valence-corrected chi connectivity index (χ4v) is 4.36. The van der Waals surface area contributed by atoms with Crippen LogP contribution in [0.5, 0.6) is 0 Å². The van der Waals surface area contributed by atoms with Gasteiger partial charge in [-0.25, -0.2) is 18.2 Å². The van der Waals surface area contributed by atoms with Gasteiger partial charge in [-0.3, -0.25) is 14.5 Å². The van der Waals surface area contributed by atoms with Gasteiger partial charge in [0.05, 0.1) is 29.2 Å². The largest absolute Gasteiger partial charge is 0.331 e. The van der Waals surface area contributed by atoms with Crippen molar-refractivity contribution in [2.24, 2.45) is 0 Å². The summed E-state index contributed by atoms with van der Waals surface area (Å²) in [5.41, 5.74) is -0.324. The van der Waals surface area contributed by atoms with Crippen LogP contribution in [-0.2, 0) is 19.6 Å². The number of imidazole rings is 1. The average molecular weight is 496 g/mol. The second kappa shape index (κ2) is 9.43. The first kappa shape index (κ1) is 23.1. The minimum Gasteiger partial charge on any atom is -0.331 e. The summed E-state index contributed by atoms with van der Waals surface area (Å²) in [6.45, 7) is 1.50. The van der Waals surface area contributed by atoms with Crippen molar-refractivity contribution < 1.29 is 18.0 Å². The Hall–Kier alpha value is -3.07. The Labute approximate surface area is 195 Å². The first-order valence-corrected chi connectivity index (χ1v) is 10.9. The highest BCUT2D eigenvalue weighted by Gasteiger charge is 2.17. The van der Waals surface area contributed by atoms with Gasteiger partial charge in [-0.1, -0.05) is 17.5 Å². The van der Waals surface area contributed by atoms with Gasteiger partial charge < -0.3 is 14.5 Å².